The van der Waals surface area contributed by atoms with Gasteiger partial charge >= 0.3 is 0 Å². The van der Waals surface area contributed by atoms with Crippen LogP contribution < -0.4 is 10.1 Å². The van der Waals surface area contributed by atoms with Gasteiger partial charge in [0.25, 0.3) is 0 Å². The van der Waals surface area contributed by atoms with Crippen molar-refractivity contribution in [1.82, 2.24) is 10.3 Å². The topological polar surface area (TPSA) is 34.1 Å². The number of hydrogen-bond acceptors (Lipinski definition) is 3. The molecule has 18 heavy (non-hydrogen) atoms. The Labute approximate surface area is 111 Å². The van der Waals surface area contributed by atoms with Crippen molar-refractivity contribution in [1.29, 1.82) is 0 Å². The third kappa shape index (κ3) is 5.05. The molecule has 1 N–H and O–H groups in total. The molecule has 0 atom stereocenters. The van der Waals surface area contributed by atoms with Gasteiger partial charge in [-0.1, -0.05) is 34.6 Å². The molecular weight excluding hydrogens is 224 g/mol. The van der Waals surface area contributed by atoms with Gasteiger partial charge in [-0.2, -0.15) is 0 Å². The van der Waals surface area contributed by atoms with Crippen molar-refractivity contribution in [3.05, 3.63) is 23.4 Å². The number of hydrogen-bond donors (Lipinski definition) is 1. The molecule has 0 aromatic carbocycles. The van der Waals surface area contributed by atoms with Crippen LogP contribution in [0.3, 0.4) is 0 Å². The molecule has 3 nitrogen and oxygen atoms in total. The maximum Gasteiger partial charge on any atom is 0.213 e. The second-order valence-electron chi connectivity index (χ2n) is 5.28. The maximum atomic E-state index is 5.65. The molecule has 0 fully saturated rings. The highest BCUT2D eigenvalue weighted by Crippen LogP contribution is 2.19. The molecule has 0 radical (unpaired) electrons. The SMILES string of the molecule is CCCOc1cc(CNC(C)C)cc(C(C)C)n1. The van der Waals surface area contributed by atoms with E-state index in [2.05, 4.69) is 51.0 Å². The number of nitrogens with zero attached hydrogens (tertiary/aromatic N) is 1. The molecule has 1 aromatic heterocycles. The van der Waals surface area contributed by atoms with E-state index in [-0.39, 0.29) is 0 Å². The maximum absolute atomic E-state index is 5.65. The Morgan fingerprint density at radius 1 is 1.22 bits per heavy atom. The van der Waals surface area contributed by atoms with Gasteiger partial charge in [-0.05, 0) is 24.0 Å². The predicted octanol–water partition coefficient (Wildman–Crippen LogP) is 3.49. The summed E-state index contributed by atoms with van der Waals surface area (Å²) in [6.07, 6.45) is 1.01. The van der Waals surface area contributed by atoms with E-state index in [1.807, 2.05) is 6.07 Å². The molecule has 1 heterocycles. The van der Waals surface area contributed by atoms with Gasteiger partial charge in [0.05, 0.1) is 6.61 Å². The van der Waals surface area contributed by atoms with Crippen LogP contribution in [0.4, 0.5) is 0 Å². The summed E-state index contributed by atoms with van der Waals surface area (Å²) < 4.78 is 5.65. The summed E-state index contributed by atoms with van der Waals surface area (Å²) in [5.41, 5.74) is 2.35. The average Bonchev–Trinajstić information content (AvgIpc) is 2.33. The summed E-state index contributed by atoms with van der Waals surface area (Å²) in [4.78, 5) is 4.55. The third-order valence-corrected chi connectivity index (χ3v) is 2.64. The van der Waals surface area contributed by atoms with Crippen molar-refractivity contribution in [2.45, 2.75) is 59.5 Å². The van der Waals surface area contributed by atoms with E-state index in [9.17, 15) is 0 Å². The first-order valence-electron chi connectivity index (χ1n) is 6.90. The molecule has 0 saturated carbocycles. The lowest BCUT2D eigenvalue weighted by atomic mass is 10.1. The van der Waals surface area contributed by atoms with Gasteiger partial charge in [-0.25, -0.2) is 4.98 Å². The lowest BCUT2D eigenvalue weighted by Gasteiger charge is -2.13. The van der Waals surface area contributed by atoms with Crippen molar-refractivity contribution in [3.8, 4) is 5.88 Å². The molecule has 1 aromatic rings. The standard InChI is InChI=1S/C15H26N2O/c1-6-7-18-15-9-13(10-16-12(4)5)8-14(17-15)11(2)3/h8-9,11-12,16H,6-7,10H2,1-5H3. The van der Waals surface area contributed by atoms with Crippen LogP contribution in [0, 0.1) is 0 Å². The van der Waals surface area contributed by atoms with Crippen LogP contribution >= 0.6 is 0 Å². The molecule has 0 aliphatic heterocycles. The van der Waals surface area contributed by atoms with Crippen LogP contribution in [-0.2, 0) is 6.54 Å². The third-order valence-electron chi connectivity index (χ3n) is 2.64. The monoisotopic (exact) mass is 250 g/mol. The van der Waals surface area contributed by atoms with E-state index in [1.54, 1.807) is 0 Å². The molecule has 0 bridgehead atoms. The van der Waals surface area contributed by atoms with Crippen LogP contribution in [0.2, 0.25) is 0 Å². The second kappa shape index (κ2) is 7.37. The lowest BCUT2D eigenvalue weighted by molar-refractivity contribution is 0.303. The summed E-state index contributed by atoms with van der Waals surface area (Å²) in [5, 5.41) is 3.43. The van der Waals surface area contributed by atoms with Crippen molar-refractivity contribution in [2.24, 2.45) is 0 Å². The highest BCUT2D eigenvalue weighted by Gasteiger charge is 2.07. The summed E-state index contributed by atoms with van der Waals surface area (Å²) in [7, 11) is 0. The molecule has 1 rings (SSSR count). The average molecular weight is 250 g/mol. The van der Waals surface area contributed by atoms with Crippen LogP contribution in [0.25, 0.3) is 0 Å². The van der Waals surface area contributed by atoms with E-state index in [1.165, 1.54) is 5.56 Å². The highest BCUT2D eigenvalue weighted by atomic mass is 16.5. The van der Waals surface area contributed by atoms with Gasteiger partial charge < -0.3 is 10.1 Å². The molecule has 0 aliphatic carbocycles. The van der Waals surface area contributed by atoms with Crippen molar-refractivity contribution in [2.75, 3.05) is 6.61 Å². The van der Waals surface area contributed by atoms with Crippen molar-refractivity contribution >= 4 is 0 Å². The van der Waals surface area contributed by atoms with Crippen LogP contribution in [0.5, 0.6) is 5.88 Å². The van der Waals surface area contributed by atoms with E-state index < -0.39 is 0 Å². The second-order valence-corrected chi connectivity index (χ2v) is 5.28. The van der Waals surface area contributed by atoms with Gasteiger partial charge in [-0.15, -0.1) is 0 Å². The Balaban J connectivity index is 2.83. The highest BCUT2D eigenvalue weighted by molar-refractivity contribution is 5.26. The van der Waals surface area contributed by atoms with Crippen LogP contribution in [0.15, 0.2) is 12.1 Å². The minimum absolute atomic E-state index is 0.424. The van der Waals surface area contributed by atoms with Gasteiger partial charge in [0, 0.05) is 24.3 Å². The molecule has 3 heteroatoms. The molecule has 0 unspecified atom stereocenters. The lowest BCUT2D eigenvalue weighted by Crippen LogP contribution is -2.22. The normalized spacial score (nSPS) is 11.3. The minimum atomic E-state index is 0.424. The quantitative estimate of drug-likeness (QED) is 0.804. The van der Waals surface area contributed by atoms with Gasteiger partial charge in [0.2, 0.25) is 5.88 Å². The minimum Gasteiger partial charge on any atom is -0.478 e. The fourth-order valence-corrected chi connectivity index (χ4v) is 1.58. The molecular formula is C15H26N2O. The zero-order valence-electron chi connectivity index (χ0n) is 12.3. The zero-order chi connectivity index (χ0) is 13.5. The largest absolute Gasteiger partial charge is 0.478 e. The van der Waals surface area contributed by atoms with Crippen molar-refractivity contribution < 1.29 is 4.74 Å². The molecule has 0 spiro atoms. The smallest absolute Gasteiger partial charge is 0.213 e. The number of ether oxygens (including phenoxy) is 1. The van der Waals surface area contributed by atoms with E-state index in [0.717, 1.165) is 31.1 Å². The Hall–Kier alpha value is -1.09. The number of nitrogens with one attached hydrogen (secondary N) is 1. The number of rotatable bonds is 7. The van der Waals surface area contributed by atoms with Crippen LogP contribution in [-0.4, -0.2) is 17.6 Å². The zero-order valence-corrected chi connectivity index (χ0v) is 12.3. The Kier molecular flexibility index (Phi) is 6.13. The molecule has 0 amide bonds. The van der Waals surface area contributed by atoms with Gasteiger partial charge in [-0.3, -0.25) is 0 Å². The summed E-state index contributed by atoms with van der Waals surface area (Å²) in [5.74, 6) is 1.18. The predicted molar refractivity (Wildman–Crippen MR) is 76.1 cm³/mol. The molecule has 0 aliphatic rings. The van der Waals surface area contributed by atoms with E-state index >= 15 is 0 Å². The van der Waals surface area contributed by atoms with Crippen molar-refractivity contribution in [3.63, 3.8) is 0 Å². The van der Waals surface area contributed by atoms with Gasteiger partial charge in [0.15, 0.2) is 0 Å². The first kappa shape index (κ1) is 15.0. The number of pyridine rings is 1. The first-order chi connectivity index (χ1) is 8.52. The number of aromatic nitrogens is 1. The molecule has 102 valence electrons. The summed E-state index contributed by atoms with van der Waals surface area (Å²) in [6, 6.07) is 4.69. The Morgan fingerprint density at radius 3 is 2.50 bits per heavy atom. The first-order valence-corrected chi connectivity index (χ1v) is 6.90. The van der Waals surface area contributed by atoms with Crippen LogP contribution in [0.1, 0.15) is 58.2 Å². The summed E-state index contributed by atoms with van der Waals surface area (Å²) in [6.45, 7) is 12.3. The Morgan fingerprint density at radius 2 is 1.94 bits per heavy atom. The summed E-state index contributed by atoms with van der Waals surface area (Å²) >= 11 is 0. The molecule has 0 saturated heterocycles. The van der Waals surface area contributed by atoms with E-state index in [4.69, 9.17) is 4.74 Å². The van der Waals surface area contributed by atoms with E-state index in [0.29, 0.717) is 12.0 Å². The fraction of sp³-hybridized carbons (Fsp3) is 0.667. The van der Waals surface area contributed by atoms with Gasteiger partial charge in [0.1, 0.15) is 0 Å². The fourth-order valence-electron chi connectivity index (χ4n) is 1.58. The Bertz CT molecular complexity index is 362.